The zero-order chi connectivity index (χ0) is 57.7. The lowest BCUT2D eigenvalue weighted by molar-refractivity contribution is -0.297. The van der Waals surface area contributed by atoms with Crippen molar-refractivity contribution in [1.82, 2.24) is 19.4 Å². The highest BCUT2D eigenvalue weighted by molar-refractivity contribution is 5.88. The first kappa shape index (κ1) is 64.3. The lowest BCUT2D eigenvalue weighted by Gasteiger charge is -2.43. The average molecular weight is 1120 g/mol. The maximum Gasteiger partial charge on any atom is 0.330 e. The molecule has 0 bridgehead atoms. The second kappa shape index (κ2) is 29.8. The van der Waals surface area contributed by atoms with Crippen LogP contribution < -0.4 is 17.0 Å². The van der Waals surface area contributed by atoms with Crippen molar-refractivity contribution >= 4 is 29.8 Å². The van der Waals surface area contributed by atoms with Crippen LogP contribution >= 0.6 is 0 Å². The van der Waals surface area contributed by atoms with Gasteiger partial charge in [-0.05, 0) is 38.6 Å². The topological polar surface area (TPSA) is 366 Å². The van der Waals surface area contributed by atoms with E-state index >= 15 is 0 Å². The number of likely N-dealkylation sites (N-methyl/N-ethyl adjacent to an activating group) is 2. The SMILES string of the molecule is COC1C(C)OC(OC(=O)CC(C)CC(=O)OC(CCCCCCCCC(C)C)CC(=O)O[C@H]2CN(C)[C@@H]([C@H](O[C@@H]3O[C@H](CN)[C@@H](O)[C@H]3O)[C@H]3O[C@@H](n4ccc(=O)[nH]c4=O)[C@H](O)[C@@H]3O)C(=O)N(C)[C@@H]2C(=O)O)C(OC)C1OC. The van der Waals surface area contributed by atoms with Gasteiger partial charge in [-0.3, -0.25) is 38.4 Å². The summed E-state index contributed by atoms with van der Waals surface area (Å²) in [5, 5.41) is 55.1. The van der Waals surface area contributed by atoms with Gasteiger partial charge in [0.2, 0.25) is 12.2 Å². The van der Waals surface area contributed by atoms with Crippen LogP contribution in [0.5, 0.6) is 0 Å². The van der Waals surface area contributed by atoms with Crippen LogP contribution in [-0.2, 0) is 71.3 Å². The molecule has 4 fully saturated rings. The highest BCUT2D eigenvalue weighted by Crippen LogP contribution is 2.37. The first-order valence-corrected chi connectivity index (χ1v) is 26.7. The summed E-state index contributed by atoms with van der Waals surface area (Å²) in [5.41, 5.74) is 3.94. The molecule has 0 aliphatic carbocycles. The Morgan fingerprint density at radius 3 is 1.96 bits per heavy atom. The quantitative estimate of drug-likeness (QED) is 0.0298. The number of carboxylic acids is 1. The maximum absolute atomic E-state index is 14.7. The molecule has 5 heterocycles. The van der Waals surface area contributed by atoms with E-state index in [-0.39, 0.29) is 25.8 Å². The molecule has 1 aromatic rings. The fraction of sp³-hybridized carbons (Fsp3) is 0.824. The number of methoxy groups -OCH3 is 3. The summed E-state index contributed by atoms with van der Waals surface area (Å²) >= 11 is 0. The molecule has 78 heavy (non-hydrogen) atoms. The summed E-state index contributed by atoms with van der Waals surface area (Å²) in [7, 11) is 6.87. The summed E-state index contributed by atoms with van der Waals surface area (Å²) in [5.74, 6) is -4.99. The smallest absolute Gasteiger partial charge is 0.330 e. The lowest BCUT2D eigenvalue weighted by atomic mass is 9.97. The molecule has 7 unspecified atom stereocenters. The number of nitrogens with one attached hydrogen (secondary N) is 1. The third kappa shape index (κ3) is 16.3. The van der Waals surface area contributed by atoms with E-state index in [1.807, 2.05) is 4.98 Å². The number of unbranched alkanes of at least 4 members (excludes halogenated alkanes) is 5. The van der Waals surface area contributed by atoms with Crippen molar-refractivity contribution in [3.05, 3.63) is 33.1 Å². The number of amides is 1. The van der Waals surface area contributed by atoms with E-state index in [4.69, 9.17) is 53.1 Å². The van der Waals surface area contributed by atoms with Crippen molar-refractivity contribution in [3.63, 3.8) is 0 Å². The minimum Gasteiger partial charge on any atom is -0.480 e. The molecular weight excluding hydrogens is 1030 g/mol. The Hall–Kier alpha value is -4.49. The van der Waals surface area contributed by atoms with Gasteiger partial charge in [0.25, 0.3) is 5.56 Å². The van der Waals surface area contributed by atoms with Gasteiger partial charge in [-0.1, -0.05) is 59.3 Å². The molecule has 444 valence electrons. The lowest BCUT2D eigenvalue weighted by Crippen LogP contribution is -2.59. The molecule has 0 saturated carbocycles. The minimum atomic E-state index is -1.97. The molecular formula is C51H83N5O22. The number of H-pyrrole nitrogens is 1. The van der Waals surface area contributed by atoms with Gasteiger partial charge in [-0.15, -0.1) is 0 Å². The van der Waals surface area contributed by atoms with Crippen molar-refractivity contribution in [2.75, 3.05) is 48.5 Å². The Balaban J connectivity index is 1.33. The van der Waals surface area contributed by atoms with Gasteiger partial charge in [0.15, 0.2) is 18.6 Å². The largest absolute Gasteiger partial charge is 0.480 e. The third-order valence-electron chi connectivity index (χ3n) is 14.8. The van der Waals surface area contributed by atoms with Gasteiger partial charge in [-0.2, -0.15) is 0 Å². The standard InChI is InChI=1S/C51H83N5O22/c1-25(2)16-14-12-10-11-13-15-17-28(73-32(58)20-26(3)21-33(59)76-50-45(71-9)44(70-8)41(69-7)27(4)72-50)22-34(60)74-30-24-54(5)36(46(65)55(6)35(30)48(66)67)42(78-49-40(64)37(61)29(23-52)75-49)43-38(62)39(63)47(77-43)56-19-18-31(57)53-51(56)68/h18-19,25-30,35-45,47,49-50,61-64H,10-17,20-24,52H2,1-9H3,(H,66,67)(H,53,57,68)/t26?,27?,28?,29-,30+,35+,36+,37-,38+,39-,40-,41?,42+,43+,44?,45?,47-,49+,50?/m1/s1. The number of esters is 3. The Bertz CT molecular complexity index is 2230. The summed E-state index contributed by atoms with van der Waals surface area (Å²) in [6, 6.07) is -2.60. The number of nitrogens with zero attached hydrogens (tertiary/aromatic N) is 3. The van der Waals surface area contributed by atoms with Crippen LogP contribution in [0.25, 0.3) is 0 Å². The number of aliphatic hydroxyl groups excluding tert-OH is 4. The van der Waals surface area contributed by atoms with Gasteiger partial charge in [-0.25, -0.2) is 9.59 Å². The first-order chi connectivity index (χ1) is 37.0. The molecule has 27 heteroatoms. The minimum absolute atomic E-state index is 0.216. The van der Waals surface area contributed by atoms with E-state index in [0.717, 1.165) is 67.3 Å². The van der Waals surface area contributed by atoms with Crippen LogP contribution in [0.4, 0.5) is 0 Å². The molecule has 0 radical (unpaired) electrons. The maximum atomic E-state index is 14.7. The van der Waals surface area contributed by atoms with E-state index < -0.39 is 170 Å². The Labute approximate surface area is 452 Å². The van der Waals surface area contributed by atoms with Gasteiger partial charge in [0.05, 0.1) is 12.5 Å². The zero-order valence-electron chi connectivity index (χ0n) is 46.0. The number of rotatable bonds is 28. The fourth-order valence-corrected chi connectivity index (χ4v) is 10.6. The number of aromatic amines is 1. The van der Waals surface area contributed by atoms with E-state index in [1.165, 1.54) is 33.3 Å². The average Bonchev–Trinajstić information content (AvgIpc) is 3.86. The van der Waals surface area contributed by atoms with Crippen molar-refractivity contribution in [2.24, 2.45) is 17.6 Å². The summed E-state index contributed by atoms with van der Waals surface area (Å²) in [6.45, 7) is 6.93. The second-order valence-electron chi connectivity index (χ2n) is 21.2. The number of nitrogens with two attached hydrogens (primary N) is 1. The predicted molar refractivity (Wildman–Crippen MR) is 270 cm³/mol. The first-order valence-electron chi connectivity index (χ1n) is 26.7. The number of aliphatic hydroxyl groups is 4. The molecule has 19 atom stereocenters. The van der Waals surface area contributed by atoms with E-state index in [0.29, 0.717) is 12.3 Å². The van der Waals surface area contributed by atoms with Crippen LogP contribution in [0.15, 0.2) is 21.9 Å². The number of aromatic nitrogens is 2. The third-order valence-corrected chi connectivity index (χ3v) is 14.8. The zero-order valence-corrected chi connectivity index (χ0v) is 46.0. The molecule has 5 rings (SSSR count). The predicted octanol–water partition coefficient (Wildman–Crippen LogP) is -1.09. The number of ether oxygens (including phenoxy) is 10. The number of hydrogen-bond acceptors (Lipinski definition) is 23. The molecule has 0 aromatic carbocycles. The highest BCUT2D eigenvalue weighted by Gasteiger charge is 2.57. The Morgan fingerprint density at radius 1 is 0.756 bits per heavy atom. The van der Waals surface area contributed by atoms with Crippen LogP contribution in [0.1, 0.15) is 105 Å². The van der Waals surface area contributed by atoms with Crippen molar-refractivity contribution in [2.45, 2.75) is 209 Å². The molecule has 4 aliphatic heterocycles. The number of carboxylic acid groups (broad SMARTS) is 1. The van der Waals surface area contributed by atoms with Crippen LogP contribution in [0.3, 0.4) is 0 Å². The number of hydrogen-bond donors (Lipinski definition) is 7. The molecule has 0 spiro atoms. The van der Waals surface area contributed by atoms with Crippen LogP contribution in [0, 0.1) is 11.8 Å². The monoisotopic (exact) mass is 1120 g/mol. The molecule has 1 aromatic heterocycles. The highest BCUT2D eigenvalue weighted by atomic mass is 16.7. The van der Waals surface area contributed by atoms with Gasteiger partial charge < -0.3 is 83.5 Å². The molecule has 4 saturated heterocycles. The van der Waals surface area contributed by atoms with Crippen LogP contribution in [-0.4, -0.2) is 227 Å². The fourth-order valence-electron chi connectivity index (χ4n) is 10.6. The van der Waals surface area contributed by atoms with Gasteiger partial charge in [0, 0.05) is 66.6 Å². The van der Waals surface area contributed by atoms with Gasteiger partial charge >= 0.3 is 29.6 Å². The number of aliphatic carboxylic acids is 1. The Kier molecular flexibility index (Phi) is 24.6. The number of carbonyl (C=O) groups excluding carboxylic acids is 4. The van der Waals surface area contributed by atoms with Crippen LogP contribution in [0.2, 0.25) is 0 Å². The number of carbonyl (C=O) groups is 5. The molecule has 1 amide bonds. The van der Waals surface area contributed by atoms with Crippen molar-refractivity contribution in [3.8, 4) is 0 Å². The van der Waals surface area contributed by atoms with Crippen molar-refractivity contribution in [1.29, 1.82) is 0 Å². The molecule has 27 nitrogen and oxygen atoms in total. The molecule has 4 aliphatic rings. The van der Waals surface area contributed by atoms with E-state index in [2.05, 4.69) is 13.8 Å². The summed E-state index contributed by atoms with van der Waals surface area (Å²) in [4.78, 5) is 97.4. The van der Waals surface area contributed by atoms with E-state index in [1.54, 1.807) is 13.8 Å². The second-order valence-corrected chi connectivity index (χ2v) is 21.2. The summed E-state index contributed by atoms with van der Waals surface area (Å²) in [6.07, 6.45) is -15.0. The molecule has 8 N–H and O–H groups in total. The summed E-state index contributed by atoms with van der Waals surface area (Å²) < 4.78 is 58.7. The van der Waals surface area contributed by atoms with E-state index in [9.17, 15) is 59.1 Å². The normalized spacial score (nSPS) is 32.9. The van der Waals surface area contributed by atoms with Gasteiger partial charge in [0.1, 0.15) is 79.3 Å². The van der Waals surface area contributed by atoms with Crippen molar-refractivity contribution < 1.29 is 96.9 Å². The Morgan fingerprint density at radius 2 is 1.37 bits per heavy atom.